The van der Waals surface area contributed by atoms with Crippen molar-refractivity contribution in [3.8, 4) is 5.75 Å². The van der Waals surface area contributed by atoms with E-state index < -0.39 is 39.4 Å². The number of rotatable bonds is 6. The number of aromatic nitrogens is 1. The Morgan fingerprint density at radius 1 is 1.18 bits per heavy atom. The average molecular weight is 544 g/mol. The van der Waals surface area contributed by atoms with Crippen LogP contribution in [0.5, 0.6) is 5.75 Å². The molecule has 2 aliphatic heterocycles. The molecule has 1 N–H and O–H groups in total. The molecular weight excluding hydrogens is 520 g/mol. The van der Waals surface area contributed by atoms with Gasteiger partial charge in [-0.2, -0.15) is 0 Å². The molecule has 1 spiro atoms. The Morgan fingerprint density at radius 3 is 2.66 bits per heavy atom. The number of carbonyl (C=O) groups excluding carboxylic acids is 2. The Kier molecular flexibility index (Phi) is 6.93. The summed E-state index contributed by atoms with van der Waals surface area (Å²) >= 11 is 5.63. The van der Waals surface area contributed by atoms with Crippen LogP contribution in [-0.2, 0) is 24.4 Å². The summed E-state index contributed by atoms with van der Waals surface area (Å²) in [5.74, 6) is -3.40. The normalized spacial score (nSPS) is 18.5. The maximum atomic E-state index is 14.3. The minimum Gasteiger partial charge on any atom is -0.483 e. The van der Waals surface area contributed by atoms with Crippen molar-refractivity contribution in [2.75, 3.05) is 20.3 Å². The molecule has 1 saturated heterocycles. The van der Waals surface area contributed by atoms with Gasteiger partial charge in [0.1, 0.15) is 28.8 Å². The number of hydrogen-bond donors (Lipinski definition) is 1. The van der Waals surface area contributed by atoms with Crippen LogP contribution in [0.3, 0.4) is 0 Å². The lowest BCUT2D eigenvalue weighted by Crippen LogP contribution is -2.57. The molecule has 1 aromatic heterocycles. The van der Waals surface area contributed by atoms with Gasteiger partial charge in [0.05, 0.1) is 12.1 Å². The molecule has 0 aliphatic carbocycles. The van der Waals surface area contributed by atoms with Crippen molar-refractivity contribution < 1.29 is 27.8 Å². The number of nitrogens with one attached hydrogen (secondary N) is 1. The highest BCUT2D eigenvalue weighted by Crippen LogP contribution is 2.35. The monoisotopic (exact) mass is 543 g/mol. The molecule has 2 aliphatic rings. The molecule has 8 nitrogen and oxygen atoms in total. The van der Waals surface area contributed by atoms with Crippen LogP contribution < -0.4 is 15.5 Å². The zero-order valence-corrected chi connectivity index (χ0v) is 21.2. The highest BCUT2D eigenvalue weighted by Gasteiger charge is 2.47. The first-order chi connectivity index (χ1) is 18.2. The molecule has 0 radical (unpaired) electrons. The lowest BCUT2D eigenvalue weighted by atomic mass is 9.92. The number of carbonyl (C=O) groups is 2. The quantitative estimate of drug-likeness (QED) is 0.480. The Hall–Kier alpha value is -3.76. The van der Waals surface area contributed by atoms with Gasteiger partial charge in [-0.25, -0.2) is 8.78 Å². The summed E-state index contributed by atoms with van der Waals surface area (Å²) in [7, 11) is 1.66. The van der Waals surface area contributed by atoms with Gasteiger partial charge in [-0.3, -0.25) is 14.4 Å². The van der Waals surface area contributed by atoms with Crippen molar-refractivity contribution in [1.29, 1.82) is 0 Å². The molecule has 198 valence electrons. The molecule has 3 heterocycles. The highest BCUT2D eigenvalue weighted by molar-refractivity contribution is 6.30. The Labute approximate surface area is 221 Å². The first kappa shape index (κ1) is 25.9. The van der Waals surface area contributed by atoms with Crippen molar-refractivity contribution in [3.05, 3.63) is 97.9 Å². The Bertz CT molecular complexity index is 1470. The van der Waals surface area contributed by atoms with E-state index in [1.807, 2.05) is 30.3 Å². The van der Waals surface area contributed by atoms with Gasteiger partial charge in [-0.1, -0.05) is 48.0 Å². The van der Waals surface area contributed by atoms with E-state index in [2.05, 4.69) is 5.32 Å². The van der Waals surface area contributed by atoms with Crippen molar-refractivity contribution in [2.24, 2.45) is 0 Å². The number of halogens is 3. The highest BCUT2D eigenvalue weighted by atomic mass is 35.5. The minimum atomic E-state index is -1.00. The largest absolute Gasteiger partial charge is 0.483 e. The first-order valence-electron chi connectivity index (χ1n) is 11.9. The topological polar surface area (TPSA) is 89.9 Å². The SMILES string of the molecule is CN1C(=O)c2c(OCc3ccccc3)c(=O)c(C(=O)NCc3ccc(F)c(Cl)c3F)cn2CC12CCOC2. The molecule has 3 aromatic rings. The van der Waals surface area contributed by atoms with E-state index in [0.717, 1.165) is 17.7 Å². The fourth-order valence-corrected chi connectivity index (χ4v) is 4.95. The number of amides is 2. The van der Waals surface area contributed by atoms with Gasteiger partial charge in [0.25, 0.3) is 11.8 Å². The summed E-state index contributed by atoms with van der Waals surface area (Å²) < 4.78 is 40.8. The van der Waals surface area contributed by atoms with Gasteiger partial charge in [0.2, 0.25) is 5.43 Å². The fourth-order valence-electron chi connectivity index (χ4n) is 4.77. The van der Waals surface area contributed by atoms with Crippen LogP contribution in [0, 0.1) is 11.6 Å². The molecule has 5 rings (SSSR count). The molecule has 1 atom stereocenters. The third kappa shape index (κ3) is 4.54. The second kappa shape index (κ2) is 10.2. The molecule has 2 aromatic carbocycles. The second-order valence-electron chi connectivity index (χ2n) is 9.36. The molecule has 11 heteroatoms. The molecule has 2 amide bonds. The van der Waals surface area contributed by atoms with E-state index in [0.29, 0.717) is 19.6 Å². The summed E-state index contributed by atoms with van der Waals surface area (Å²) in [4.78, 5) is 41.7. The molecular formula is C27H24ClF2N3O5. The van der Waals surface area contributed by atoms with Crippen molar-refractivity contribution in [2.45, 2.75) is 31.7 Å². The smallest absolute Gasteiger partial charge is 0.274 e. The number of benzene rings is 2. The van der Waals surface area contributed by atoms with Gasteiger partial charge in [-0.15, -0.1) is 0 Å². The van der Waals surface area contributed by atoms with E-state index in [1.54, 1.807) is 16.5 Å². The van der Waals surface area contributed by atoms with Crippen molar-refractivity contribution >= 4 is 23.4 Å². The maximum Gasteiger partial charge on any atom is 0.274 e. The number of hydrogen-bond acceptors (Lipinski definition) is 5. The molecule has 1 fully saturated rings. The van der Waals surface area contributed by atoms with Crippen LogP contribution in [0.4, 0.5) is 8.78 Å². The Balaban J connectivity index is 1.52. The van der Waals surface area contributed by atoms with Crippen LogP contribution in [0.1, 0.15) is 38.4 Å². The number of fused-ring (bicyclic) bond motifs is 1. The number of ether oxygens (including phenoxy) is 2. The van der Waals surface area contributed by atoms with E-state index in [1.165, 1.54) is 6.20 Å². The average Bonchev–Trinajstić information content (AvgIpc) is 3.39. The molecule has 0 saturated carbocycles. The van der Waals surface area contributed by atoms with Crippen LogP contribution in [-0.4, -0.2) is 47.1 Å². The maximum absolute atomic E-state index is 14.3. The zero-order valence-electron chi connectivity index (χ0n) is 20.4. The summed E-state index contributed by atoms with van der Waals surface area (Å²) in [6, 6.07) is 11.2. The second-order valence-corrected chi connectivity index (χ2v) is 9.74. The summed E-state index contributed by atoms with van der Waals surface area (Å²) in [5.41, 5.74) is -0.931. The first-order valence-corrected chi connectivity index (χ1v) is 12.3. The zero-order chi connectivity index (χ0) is 27.0. The van der Waals surface area contributed by atoms with Crippen LogP contribution in [0.15, 0.2) is 53.5 Å². The van der Waals surface area contributed by atoms with Crippen LogP contribution in [0.25, 0.3) is 0 Å². The predicted octanol–water partition coefficient (Wildman–Crippen LogP) is 3.53. The number of likely N-dealkylation sites (N-methyl/N-ethyl adjacent to an activating group) is 1. The van der Waals surface area contributed by atoms with E-state index in [-0.39, 0.29) is 42.3 Å². The fraction of sp³-hybridized carbons (Fsp3) is 0.296. The van der Waals surface area contributed by atoms with E-state index >= 15 is 0 Å². The van der Waals surface area contributed by atoms with Gasteiger partial charge in [-0.05, 0) is 18.1 Å². The minimum absolute atomic E-state index is 0.00130. The molecule has 38 heavy (non-hydrogen) atoms. The van der Waals surface area contributed by atoms with Crippen molar-refractivity contribution in [3.63, 3.8) is 0 Å². The number of nitrogens with zero attached hydrogens (tertiary/aromatic N) is 2. The van der Waals surface area contributed by atoms with E-state index in [4.69, 9.17) is 21.1 Å². The van der Waals surface area contributed by atoms with Crippen LogP contribution in [0.2, 0.25) is 5.02 Å². The van der Waals surface area contributed by atoms with Crippen LogP contribution >= 0.6 is 11.6 Å². The third-order valence-corrected chi connectivity index (χ3v) is 7.38. The van der Waals surface area contributed by atoms with Gasteiger partial charge in [0.15, 0.2) is 11.4 Å². The molecule has 1 unspecified atom stereocenters. The van der Waals surface area contributed by atoms with E-state index in [9.17, 15) is 23.2 Å². The summed E-state index contributed by atoms with van der Waals surface area (Å²) in [6.45, 7) is 0.732. The lowest BCUT2D eigenvalue weighted by molar-refractivity contribution is 0.0341. The molecule has 0 bridgehead atoms. The lowest BCUT2D eigenvalue weighted by Gasteiger charge is -2.43. The van der Waals surface area contributed by atoms with Crippen molar-refractivity contribution in [1.82, 2.24) is 14.8 Å². The third-order valence-electron chi connectivity index (χ3n) is 7.03. The number of pyridine rings is 1. The standard InChI is InChI=1S/C27H24ClF2N3O5/c1-32-26(36)22-24(38-13-16-5-3-2-4-6-16)23(34)18(12-33(22)14-27(32)9-10-37-15-27)25(35)31-11-17-7-8-19(29)20(28)21(17)30/h2-8,12H,9-11,13-15H2,1H3,(H,31,35). The van der Waals surface area contributed by atoms with Gasteiger partial charge in [0, 0.05) is 38.5 Å². The predicted molar refractivity (Wildman–Crippen MR) is 134 cm³/mol. The summed E-state index contributed by atoms with van der Waals surface area (Å²) in [5, 5.41) is 1.80. The van der Waals surface area contributed by atoms with Gasteiger partial charge < -0.3 is 24.3 Å². The van der Waals surface area contributed by atoms with Gasteiger partial charge >= 0.3 is 0 Å². The summed E-state index contributed by atoms with van der Waals surface area (Å²) in [6.07, 6.45) is 1.91. The Morgan fingerprint density at radius 2 is 1.95 bits per heavy atom.